The summed E-state index contributed by atoms with van der Waals surface area (Å²) in [5.41, 5.74) is 3.47. The average molecular weight is 292 g/mol. The van der Waals surface area contributed by atoms with Crippen LogP contribution in [0.25, 0.3) is 11.3 Å². The Morgan fingerprint density at radius 3 is 2.24 bits per heavy atom. The van der Waals surface area contributed by atoms with E-state index in [0.717, 1.165) is 29.9 Å². The highest BCUT2D eigenvalue weighted by Crippen LogP contribution is 2.16. The smallest absolute Gasteiger partial charge is 0.130 e. The Labute approximate surface area is 129 Å². The molecule has 0 unspecified atom stereocenters. The summed E-state index contributed by atoms with van der Waals surface area (Å²) in [4.78, 5) is 7.83. The van der Waals surface area contributed by atoms with Crippen molar-refractivity contribution in [1.29, 1.82) is 0 Å². The molecule has 21 heavy (non-hydrogen) atoms. The summed E-state index contributed by atoms with van der Waals surface area (Å²) >= 11 is 5.29. The second kappa shape index (κ2) is 6.46. The summed E-state index contributed by atoms with van der Waals surface area (Å²) in [6.45, 7) is 0. The third-order valence-electron chi connectivity index (χ3n) is 3.37. The molecule has 1 N–H and O–H groups in total. The van der Waals surface area contributed by atoms with Crippen LogP contribution in [0, 0.1) is 4.64 Å². The number of benzene rings is 2. The van der Waals surface area contributed by atoms with Gasteiger partial charge in [-0.1, -0.05) is 72.9 Å². The van der Waals surface area contributed by atoms with Gasteiger partial charge in [0.1, 0.15) is 10.5 Å². The van der Waals surface area contributed by atoms with Crippen LogP contribution in [0.4, 0.5) is 0 Å². The number of H-pyrrole nitrogens is 1. The minimum Gasteiger partial charge on any atom is -0.343 e. The fourth-order valence-corrected chi connectivity index (χ4v) is 2.54. The van der Waals surface area contributed by atoms with Gasteiger partial charge in [-0.25, -0.2) is 4.98 Å². The summed E-state index contributed by atoms with van der Waals surface area (Å²) in [6, 6.07) is 22.5. The molecule has 0 fully saturated rings. The van der Waals surface area contributed by atoms with Crippen LogP contribution in [0.15, 0.2) is 66.7 Å². The fraction of sp³-hybridized carbons (Fsp3) is 0.111. The van der Waals surface area contributed by atoms with E-state index in [1.165, 1.54) is 5.56 Å². The molecular weight excluding hydrogens is 276 g/mol. The lowest BCUT2D eigenvalue weighted by atomic mass is 10.1. The van der Waals surface area contributed by atoms with Gasteiger partial charge in [0.2, 0.25) is 0 Å². The van der Waals surface area contributed by atoms with E-state index in [2.05, 4.69) is 46.4 Å². The minimum atomic E-state index is 0.635. The first-order chi connectivity index (χ1) is 10.3. The Balaban J connectivity index is 1.83. The van der Waals surface area contributed by atoms with Crippen molar-refractivity contribution in [3.05, 3.63) is 82.8 Å². The second-order valence-corrected chi connectivity index (χ2v) is 5.35. The van der Waals surface area contributed by atoms with Gasteiger partial charge in [-0.05, 0) is 23.6 Å². The number of hydrogen-bond acceptors (Lipinski definition) is 2. The molecule has 1 aromatic heterocycles. The van der Waals surface area contributed by atoms with Crippen molar-refractivity contribution < 1.29 is 0 Å². The Hall–Kier alpha value is -2.26. The summed E-state index contributed by atoms with van der Waals surface area (Å²) in [6.07, 6.45) is 1.81. The van der Waals surface area contributed by atoms with Crippen LogP contribution in [-0.2, 0) is 12.8 Å². The van der Waals surface area contributed by atoms with Crippen LogP contribution in [0.2, 0.25) is 0 Å². The highest BCUT2D eigenvalue weighted by atomic mass is 32.1. The van der Waals surface area contributed by atoms with Gasteiger partial charge in [0.25, 0.3) is 0 Å². The molecule has 0 atom stereocenters. The van der Waals surface area contributed by atoms with Crippen LogP contribution in [0.5, 0.6) is 0 Å². The number of aryl methyl sites for hydroxylation is 2. The third-order valence-corrected chi connectivity index (χ3v) is 3.58. The summed E-state index contributed by atoms with van der Waals surface area (Å²) in [5, 5.41) is 0. The number of aromatic nitrogens is 2. The highest BCUT2D eigenvalue weighted by molar-refractivity contribution is 7.71. The van der Waals surface area contributed by atoms with Crippen molar-refractivity contribution in [3.63, 3.8) is 0 Å². The number of aromatic amines is 1. The lowest BCUT2D eigenvalue weighted by molar-refractivity contribution is 0.856. The zero-order valence-electron chi connectivity index (χ0n) is 11.6. The zero-order valence-corrected chi connectivity index (χ0v) is 12.4. The quantitative estimate of drug-likeness (QED) is 0.712. The Morgan fingerprint density at radius 1 is 0.857 bits per heavy atom. The monoisotopic (exact) mass is 292 g/mol. The van der Waals surface area contributed by atoms with Crippen molar-refractivity contribution in [1.82, 2.24) is 9.97 Å². The van der Waals surface area contributed by atoms with Crippen LogP contribution >= 0.6 is 12.2 Å². The molecule has 2 nitrogen and oxygen atoms in total. The van der Waals surface area contributed by atoms with Gasteiger partial charge >= 0.3 is 0 Å². The molecule has 3 heteroatoms. The molecule has 104 valence electrons. The Kier molecular flexibility index (Phi) is 4.22. The largest absolute Gasteiger partial charge is 0.343 e. The van der Waals surface area contributed by atoms with E-state index in [9.17, 15) is 0 Å². The van der Waals surface area contributed by atoms with Gasteiger partial charge in [-0.3, -0.25) is 0 Å². The van der Waals surface area contributed by atoms with E-state index >= 15 is 0 Å². The molecule has 0 bridgehead atoms. The van der Waals surface area contributed by atoms with Gasteiger partial charge < -0.3 is 4.98 Å². The molecule has 3 aromatic rings. The van der Waals surface area contributed by atoms with Crippen LogP contribution in [0.3, 0.4) is 0 Å². The average Bonchev–Trinajstić information content (AvgIpc) is 2.54. The van der Waals surface area contributed by atoms with Crippen molar-refractivity contribution in [2.45, 2.75) is 12.8 Å². The van der Waals surface area contributed by atoms with Gasteiger partial charge in [0, 0.05) is 12.1 Å². The Bertz CT molecular complexity index is 764. The lowest BCUT2D eigenvalue weighted by Gasteiger charge is -2.06. The van der Waals surface area contributed by atoms with E-state index in [1.807, 2.05) is 30.3 Å². The van der Waals surface area contributed by atoms with Crippen molar-refractivity contribution in [3.8, 4) is 11.3 Å². The molecule has 0 aliphatic heterocycles. The molecule has 0 saturated heterocycles. The third kappa shape index (κ3) is 3.64. The zero-order chi connectivity index (χ0) is 14.5. The molecule has 0 amide bonds. The maximum atomic E-state index is 5.29. The maximum absolute atomic E-state index is 5.29. The normalized spacial score (nSPS) is 10.5. The van der Waals surface area contributed by atoms with Crippen LogP contribution in [0.1, 0.15) is 11.4 Å². The van der Waals surface area contributed by atoms with Crippen LogP contribution in [-0.4, -0.2) is 9.97 Å². The number of rotatable bonds is 4. The van der Waals surface area contributed by atoms with Gasteiger partial charge in [0.15, 0.2) is 0 Å². The number of nitrogens with one attached hydrogen (secondary N) is 1. The van der Waals surface area contributed by atoms with Gasteiger partial charge in [0.05, 0.1) is 0 Å². The van der Waals surface area contributed by atoms with E-state index in [1.54, 1.807) is 0 Å². The van der Waals surface area contributed by atoms with E-state index in [4.69, 9.17) is 12.2 Å². The summed E-state index contributed by atoms with van der Waals surface area (Å²) < 4.78 is 0.635. The first kappa shape index (κ1) is 13.7. The predicted octanol–water partition coefficient (Wildman–Crippen LogP) is 4.59. The standard InChI is InChI=1S/C18H16N2S/c21-18-13-16(15-9-5-2-6-10-15)19-17(20-18)12-11-14-7-3-1-4-8-14/h1-10,13H,11-12H2,(H,19,20,21). The minimum absolute atomic E-state index is 0.635. The fourth-order valence-electron chi connectivity index (χ4n) is 2.31. The van der Waals surface area contributed by atoms with Gasteiger partial charge in [-0.2, -0.15) is 0 Å². The lowest BCUT2D eigenvalue weighted by Crippen LogP contribution is -2.00. The number of hydrogen-bond donors (Lipinski definition) is 1. The van der Waals surface area contributed by atoms with E-state index in [-0.39, 0.29) is 0 Å². The highest BCUT2D eigenvalue weighted by Gasteiger charge is 2.02. The van der Waals surface area contributed by atoms with Crippen molar-refractivity contribution >= 4 is 12.2 Å². The van der Waals surface area contributed by atoms with Crippen molar-refractivity contribution in [2.24, 2.45) is 0 Å². The molecule has 0 aliphatic carbocycles. The number of nitrogens with zero attached hydrogens (tertiary/aromatic N) is 1. The molecule has 3 rings (SSSR count). The topological polar surface area (TPSA) is 28.7 Å². The molecule has 0 radical (unpaired) electrons. The maximum Gasteiger partial charge on any atom is 0.130 e. The van der Waals surface area contributed by atoms with E-state index < -0.39 is 0 Å². The SMILES string of the molecule is S=c1cc(-c2ccccc2)[nH]c(CCc2ccccc2)n1. The van der Waals surface area contributed by atoms with Crippen molar-refractivity contribution in [2.75, 3.05) is 0 Å². The molecule has 0 spiro atoms. The molecule has 0 aliphatic rings. The predicted molar refractivity (Wildman–Crippen MR) is 88.7 cm³/mol. The van der Waals surface area contributed by atoms with E-state index in [0.29, 0.717) is 4.64 Å². The first-order valence-electron chi connectivity index (χ1n) is 7.01. The molecule has 2 aromatic carbocycles. The summed E-state index contributed by atoms with van der Waals surface area (Å²) in [7, 11) is 0. The summed E-state index contributed by atoms with van der Waals surface area (Å²) in [5.74, 6) is 0.935. The molecular formula is C18H16N2S. The first-order valence-corrected chi connectivity index (χ1v) is 7.42. The van der Waals surface area contributed by atoms with Crippen LogP contribution < -0.4 is 0 Å². The molecule has 1 heterocycles. The van der Waals surface area contributed by atoms with Gasteiger partial charge in [-0.15, -0.1) is 0 Å². The molecule has 0 saturated carbocycles. The second-order valence-electron chi connectivity index (χ2n) is 4.93. The Morgan fingerprint density at radius 2 is 1.52 bits per heavy atom.